The van der Waals surface area contributed by atoms with Gasteiger partial charge in [-0.25, -0.2) is 4.98 Å². The van der Waals surface area contributed by atoms with Crippen LogP contribution in [0.3, 0.4) is 0 Å². The van der Waals surface area contributed by atoms with E-state index in [0.717, 1.165) is 39.0 Å². The molecule has 1 unspecified atom stereocenters. The molecule has 0 spiro atoms. The van der Waals surface area contributed by atoms with E-state index in [9.17, 15) is 0 Å². The Hall–Kier alpha value is -1.23. The van der Waals surface area contributed by atoms with Gasteiger partial charge in [0.1, 0.15) is 5.01 Å². The highest BCUT2D eigenvalue weighted by Gasteiger charge is 2.28. The fourth-order valence-corrected chi connectivity index (χ4v) is 4.83. The zero-order chi connectivity index (χ0) is 14.2. The monoisotopic (exact) mass is 299 g/mol. The molecule has 2 aromatic rings. The van der Waals surface area contributed by atoms with Crippen molar-refractivity contribution < 1.29 is 0 Å². The van der Waals surface area contributed by atoms with E-state index in [-0.39, 0.29) is 0 Å². The van der Waals surface area contributed by atoms with Gasteiger partial charge in [-0.1, -0.05) is 31.2 Å². The second-order valence-corrected chi connectivity index (χ2v) is 6.98. The standard InChI is InChI=1S/C17H21N3S/c1-2-14(20-9-7-18-8-10-20)17-19-16-13-6-4-3-5-12(13)11-15(16)21-17/h3-6,14,18H,2,7-11H2,1H3. The van der Waals surface area contributed by atoms with Gasteiger partial charge in [-0.15, -0.1) is 11.3 Å². The largest absolute Gasteiger partial charge is 0.314 e. The van der Waals surface area contributed by atoms with Crippen LogP contribution >= 0.6 is 11.3 Å². The molecule has 21 heavy (non-hydrogen) atoms. The van der Waals surface area contributed by atoms with Crippen molar-refractivity contribution >= 4 is 11.3 Å². The lowest BCUT2D eigenvalue weighted by Gasteiger charge is -2.33. The van der Waals surface area contributed by atoms with Crippen molar-refractivity contribution in [3.63, 3.8) is 0 Å². The molecule has 4 rings (SSSR count). The summed E-state index contributed by atoms with van der Waals surface area (Å²) in [5.41, 5.74) is 4.04. The summed E-state index contributed by atoms with van der Waals surface area (Å²) in [6.07, 6.45) is 2.22. The second kappa shape index (κ2) is 5.52. The van der Waals surface area contributed by atoms with Gasteiger partial charge in [0.05, 0.1) is 11.7 Å². The van der Waals surface area contributed by atoms with Crippen LogP contribution in [-0.2, 0) is 6.42 Å². The molecule has 1 atom stereocenters. The van der Waals surface area contributed by atoms with Crippen LogP contribution in [0, 0.1) is 0 Å². The lowest BCUT2D eigenvalue weighted by molar-refractivity contribution is 0.169. The minimum absolute atomic E-state index is 0.495. The summed E-state index contributed by atoms with van der Waals surface area (Å²) in [7, 11) is 0. The highest BCUT2D eigenvalue weighted by atomic mass is 32.1. The smallest absolute Gasteiger partial charge is 0.111 e. The predicted molar refractivity (Wildman–Crippen MR) is 87.8 cm³/mol. The van der Waals surface area contributed by atoms with Gasteiger partial charge < -0.3 is 5.32 Å². The third kappa shape index (κ3) is 2.31. The minimum atomic E-state index is 0.495. The zero-order valence-electron chi connectivity index (χ0n) is 12.4. The molecule has 2 heterocycles. The Kier molecular flexibility index (Phi) is 3.53. The van der Waals surface area contributed by atoms with Gasteiger partial charge in [0.25, 0.3) is 0 Å². The highest BCUT2D eigenvalue weighted by molar-refractivity contribution is 7.12. The molecule has 0 amide bonds. The van der Waals surface area contributed by atoms with Crippen molar-refractivity contribution in [1.29, 1.82) is 0 Å². The Morgan fingerprint density at radius 1 is 1.29 bits per heavy atom. The van der Waals surface area contributed by atoms with Crippen molar-refractivity contribution in [3.05, 3.63) is 39.7 Å². The first-order valence-electron chi connectivity index (χ1n) is 7.89. The molecule has 1 aliphatic heterocycles. The SMILES string of the molecule is CCC(c1nc2c(s1)Cc1ccccc1-2)N1CCNCC1. The molecule has 3 nitrogen and oxygen atoms in total. The number of piperazine rings is 1. The molecule has 1 aromatic heterocycles. The molecule has 0 bridgehead atoms. The number of benzene rings is 1. The lowest BCUT2D eigenvalue weighted by Crippen LogP contribution is -2.45. The van der Waals surface area contributed by atoms with Crippen molar-refractivity contribution in [1.82, 2.24) is 15.2 Å². The van der Waals surface area contributed by atoms with E-state index in [1.807, 2.05) is 11.3 Å². The van der Waals surface area contributed by atoms with Gasteiger partial charge in [0.15, 0.2) is 0 Å². The number of hydrogen-bond acceptors (Lipinski definition) is 4. The van der Waals surface area contributed by atoms with Gasteiger partial charge in [-0.05, 0) is 12.0 Å². The number of nitrogens with one attached hydrogen (secondary N) is 1. The number of fused-ring (bicyclic) bond motifs is 3. The average Bonchev–Trinajstić information content (AvgIpc) is 3.07. The molecule has 4 heteroatoms. The summed E-state index contributed by atoms with van der Waals surface area (Å²) in [6.45, 7) is 6.76. The predicted octanol–water partition coefficient (Wildman–Crippen LogP) is 3.07. The summed E-state index contributed by atoms with van der Waals surface area (Å²) in [5.74, 6) is 0. The first-order valence-corrected chi connectivity index (χ1v) is 8.71. The maximum atomic E-state index is 5.03. The average molecular weight is 299 g/mol. The first-order chi connectivity index (χ1) is 10.4. The summed E-state index contributed by atoms with van der Waals surface area (Å²) in [4.78, 5) is 9.09. The minimum Gasteiger partial charge on any atom is -0.314 e. The number of nitrogens with zero attached hydrogens (tertiary/aromatic N) is 2. The van der Waals surface area contributed by atoms with E-state index in [1.165, 1.54) is 26.7 Å². The van der Waals surface area contributed by atoms with Crippen molar-refractivity contribution in [2.45, 2.75) is 25.8 Å². The fourth-order valence-electron chi connectivity index (χ4n) is 3.50. The van der Waals surface area contributed by atoms with Crippen LogP contribution in [0.15, 0.2) is 24.3 Å². The van der Waals surface area contributed by atoms with Gasteiger partial charge in [-0.3, -0.25) is 4.90 Å². The van der Waals surface area contributed by atoms with Crippen LogP contribution in [0.2, 0.25) is 0 Å². The van der Waals surface area contributed by atoms with Crippen LogP contribution in [-0.4, -0.2) is 36.1 Å². The summed E-state index contributed by atoms with van der Waals surface area (Å²) in [6, 6.07) is 9.20. The van der Waals surface area contributed by atoms with Gasteiger partial charge in [-0.2, -0.15) is 0 Å². The Morgan fingerprint density at radius 3 is 2.90 bits per heavy atom. The Morgan fingerprint density at radius 2 is 2.10 bits per heavy atom. The number of rotatable bonds is 3. The molecule has 1 aliphatic carbocycles. The molecule has 0 saturated carbocycles. The number of aromatic nitrogens is 1. The molecule has 1 saturated heterocycles. The fraction of sp³-hybridized carbons (Fsp3) is 0.471. The first kappa shape index (κ1) is 13.4. The number of thiazole rings is 1. The molecule has 0 radical (unpaired) electrons. The van der Waals surface area contributed by atoms with Crippen molar-refractivity contribution in [3.8, 4) is 11.3 Å². The molecule has 2 aliphatic rings. The van der Waals surface area contributed by atoms with Crippen LogP contribution in [0.4, 0.5) is 0 Å². The van der Waals surface area contributed by atoms with Crippen molar-refractivity contribution in [2.24, 2.45) is 0 Å². The molecule has 1 fully saturated rings. The zero-order valence-corrected chi connectivity index (χ0v) is 13.2. The van der Waals surface area contributed by atoms with E-state index < -0.39 is 0 Å². The van der Waals surface area contributed by atoms with Crippen LogP contribution in [0.1, 0.15) is 34.8 Å². The second-order valence-electron chi connectivity index (χ2n) is 5.87. The highest BCUT2D eigenvalue weighted by Crippen LogP contribution is 2.41. The molecular weight excluding hydrogens is 278 g/mol. The molecular formula is C17H21N3S. The molecule has 1 N–H and O–H groups in total. The van der Waals surface area contributed by atoms with E-state index in [4.69, 9.17) is 4.98 Å². The maximum Gasteiger partial charge on any atom is 0.111 e. The van der Waals surface area contributed by atoms with E-state index in [1.54, 1.807) is 0 Å². The normalized spacial score (nSPS) is 19.3. The van der Waals surface area contributed by atoms with E-state index in [0.29, 0.717) is 6.04 Å². The quantitative estimate of drug-likeness (QED) is 0.805. The van der Waals surface area contributed by atoms with Gasteiger partial charge in [0.2, 0.25) is 0 Å². The van der Waals surface area contributed by atoms with Gasteiger partial charge >= 0.3 is 0 Å². The van der Waals surface area contributed by atoms with Crippen LogP contribution in [0.25, 0.3) is 11.3 Å². The van der Waals surface area contributed by atoms with E-state index >= 15 is 0 Å². The third-order valence-electron chi connectivity index (χ3n) is 4.60. The Labute approximate surface area is 130 Å². The Balaban J connectivity index is 1.65. The third-order valence-corrected chi connectivity index (χ3v) is 5.76. The summed E-state index contributed by atoms with van der Waals surface area (Å²) in [5, 5.41) is 4.76. The van der Waals surface area contributed by atoms with Crippen LogP contribution in [0.5, 0.6) is 0 Å². The Bertz CT molecular complexity index is 643. The number of hydrogen-bond donors (Lipinski definition) is 1. The van der Waals surface area contributed by atoms with Gasteiger partial charge in [0, 0.05) is 43.0 Å². The molecule has 1 aromatic carbocycles. The maximum absolute atomic E-state index is 5.03. The lowest BCUT2D eigenvalue weighted by atomic mass is 10.1. The summed E-state index contributed by atoms with van der Waals surface area (Å²) >= 11 is 1.93. The topological polar surface area (TPSA) is 28.2 Å². The van der Waals surface area contributed by atoms with Crippen LogP contribution < -0.4 is 5.32 Å². The molecule has 110 valence electrons. The van der Waals surface area contributed by atoms with Crippen molar-refractivity contribution in [2.75, 3.05) is 26.2 Å². The van der Waals surface area contributed by atoms with E-state index in [2.05, 4.69) is 41.4 Å². The summed E-state index contributed by atoms with van der Waals surface area (Å²) < 4.78 is 0.